The van der Waals surface area contributed by atoms with E-state index in [4.69, 9.17) is 0 Å². The standard InChI is InChI=1S/C17H27NO/c1-11(2)15(6)18(7)10-16(19)17-13(4)8-12(3)9-14(17)5/h8-9,11,15H,10H2,1-7H3. The van der Waals surface area contributed by atoms with E-state index in [1.54, 1.807) is 0 Å². The van der Waals surface area contributed by atoms with Crippen LogP contribution in [0.1, 0.15) is 47.8 Å². The highest BCUT2D eigenvalue weighted by Crippen LogP contribution is 2.18. The molecule has 1 rings (SSSR count). The first kappa shape index (κ1) is 15.9. The zero-order valence-corrected chi connectivity index (χ0v) is 13.4. The van der Waals surface area contributed by atoms with Gasteiger partial charge in [-0.15, -0.1) is 0 Å². The fourth-order valence-corrected chi connectivity index (χ4v) is 2.58. The second-order valence-corrected chi connectivity index (χ2v) is 6.10. The molecule has 1 unspecified atom stereocenters. The summed E-state index contributed by atoms with van der Waals surface area (Å²) in [4.78, 5) is 14.6. The van der Waals surface area contributed by atoms with E-state index in [0.717, 1.165) is 16.7 Å². The Bertz CT molecular complexity index is 439. The maximum atomic E-state index is 12.5. The molecule has 0 fully saturated rings. The van der Waals surface area contributed by atoms with Gasteiger partial charge in [0.05, 0.1) is 6.54 Å². The van der Waals surface area contributed by atoms with Crippen molar-refractivity contribution in [3.63, 3.8) is 0 Å². The van der Waals surface area contributed by atoms with Crippen LogP contribution in [0.15, 0.2) is 12.1 Å². The number of carbonyl (C=O) groups excluding carboxylic acids is 1. The Kier molecular flexibility index (Phi) is 5.30. The minimum absolute atomic E-state index is 0.227. The minimum atomic E-state index is 0.227. The molecule has 1 atom stereocenters. The lowest BCUT2D eigenvalue weighted by Crippen LogP contribution is -2.37. The molecular formula is C17H27NO. The Morgan fingerprint density at radius 2 is 1.58 bits per heavy atom. The molecule has 106 valence electrons. The van der Waals surface area contributed by atoms with Gasteiger partial charge in [-0.3, -0.25) is 9.69 Å². The van der Waals surface area contributed by atoms with Crippen LogP contribution in [0.25, 0.3) is 0 Å². The topological polar surface area (TPSA) is 20.3 Å². The SMILES string of the molecule is Cc1cc(C)c(C(=O)CN(C)C(C)C(C)C)c(C)c1. The zero-order valence-electron chi connectivity index (χ0n) is 13.4. The molecule has 0 saturated heterocycles. The number of rotatable bonds is 5. The van der Waals surface area contributed by atoms with E-state index in [1.165, 1.54) is 5.56 Å². The van der Waals surface area contributed by atoms with Crippen LogP contribution in [0.5, 0.6) is 0 Å². The maximum absolute atomic E-state index is 12.5. The van der Waals surface area contributed by atoms with Crippen LogP contribution in [0, 0.1) is 26.7 Å². The largest absolute Gasteiger partial charge is 0.296 e. The fourth-order valence-electron chi connectivity index (χ4n) is 2.58. The van der Waals surface area contributed by atoms with Gasteiger partial charge in [-0.1, -0.05) is 31.5 Å². The molecule has 0 aliphatic heterocycles. The molecule has 0 spiro atoms. The van der Waals surface area contributed by atoms with Crippen LogP contribution in [-0.2, 0) is 0 Å². The first-order chi connectivity index (χ1) is 8.73. The van der Waals surface area contributed by atoms with Crippen molar-refractivity contribution in [3.05, 3.63) is 34.4 Å². The number of benzene rings is 1. The molecule has 1 aromatic rings. The van der Waals surface area contributed by atoms with Crippen molar-refractivity contribution >= 4 is 5.78 Å². The van der Waals surface area contributed by atoms with E-state index in [9.17, 15) is 4.79 Å². The number of aryl methyl sites for hydroxylation is 3. The zero-order chi connectivity index (χ0) is 14.7. The summed E-state index contributed by atoms with van der Waals surface area (Å²) in [6.45, 7) is 13.2. The van der Waals surface area contributed by atoms with Crippen LogP contribution >= 0.6 is 0 Å². The van der Waals surface area contributed by atoms with Gasteiger partial charge in [-0.2, -0.15) is 0 Å². The molecule has 1 aromatic carbocycles. The smallest absolute Gasteiger partial charge is 0.177 e. The van der Waals surface area contributed by atoms with Crippen molar-refractivity contribution in [1.82, 2.24) is 4.90 Å². The molecule has 2 nitrogen and oxygen atoms in total. The van der Waals surface area contributed by atoms with Crippen LogP contribution in [0.3, 0.4) is 0 Å². The third-order valence-corrected chi connectivity index (χ3v) is 4.01. The summed E-state index contributed by atoms with van der Waals surface area (Å²) >= 11 is 0. The molecule has 0 amide bonds. The Labute approximate surface area is 117 Å². The predicted molar refractivity (Wildman–Crippen MR) is 81.9 cm³/mol. The minimum Gasteiger partial charge on any atom is -0.296 e. The van der Waals surface area contributed by atoms with Gasteiger partial charge in [0.15, 0.2) is 5.78 Å². The average Bonchev–Trinajstić information content (AvgIpc) is 2.25. The first-order valence-corrected chi connectivity index (χ1v) is 7.05. The molecule has 2 heteroatoms. The highest BCUT2D eigenvalue weighted by molar-refractivity contribution is 6.00. The van der Waals surface area contributed by atoms with Crippen LogP contribution in [0.4, 0.5) is 0 Å². The van der Waals surface area contributed by atoms with Crippen LogP contribution < -0.4 is 0 Å². The van der Waals surface area contributed by atoms with E-state index < -0.39 is 0 Å². The highest BCUT2D eigenvalue weighted by atomic mass is 16.1. The van der Waals surface area contributed by atoms with Crippen molar-refractivity contribution in [2.24, 2.45) is 5.92 Å². The van der Waals surface area contributed by atoms with Crippen molar-refractivity contribution in [3.8, 4) is 0 Å². The summed E-state index contributed by atoms with van der Waals surface area (Å²) in [6, 6.07) is 4.59. The van der Waals surface area contributed by atoms with E-state index >= 15 is 0 Å². The van der Waals surface area contributed by atoms with Crippen LogP contribution in [-0.4, -0.2) is 30.3 Å². The molecule has 0 aromatic heterocycles. The third-order valence-electron chi connectivity index (χ3n) is 4.01. The molecule has 0 heterocycles. The summed E-state index contributed by atoms with van der Waals surface area (Å²) in [5.74, 6) is 0.781. The fraction of sp³-hybridized carbons (Fsp3) is 0.588. The Hall–Kier alpha value is -1.15. The molecule has 0 bridgehead atoms. The van der Waals surface area contributed by atoms with E-state index in [2.05, 4.69) is 44.7 Å². The Morgan fingerprint density at radius 1 is 1.11 bits per heavy atom. The van der Waals surface area contributed by atoms with Gasteiger partial charge in [-0.05, 0) is 51.8 Å². The average molecular weight is 261 g/mol. The van der Waals surface area contributed by atoms with E-state index in [0.29, 0.717) is 18.5 Å². The van der Waals surface area contributed by atoms with Gasteiger partial charge in [-0.25, -0.2) is 0 Å². The summed E-state index contributed by atoms with van der Waals surface area (Å²) < 4.78 is 0. The molecule has 0 saturated carbocycles. The summed E-state index contributed by atoms with van der Waals surface area (Å²) in [7, 11) is 2.03. The summed E-state index contributed by atoms with van der Waals surface area (Å²) in [5.41, 5.74) is 4.30. The first-order valence-electron chi connectivity index (χ1n) is 7.05. The number of ketones is 1. The second kappa shape index (κ2) is 6.33. The quantitative estimate of drug-likeness (QED) is 0.752. The van der Waals surface area contributed by atoms with Crippen molar-refractivity contribution in [2.75, 3.05) is 13.6 Å². The normalized spacial score (nSPS) is 13.1. The van der Waals surface area contributed by atoms with Crippen molar-refractivity contribution < 1.29 is 4.79 Å². The van der Waals surface area contributed by atoms with Crippen molar-refractivity contribution in [2.45, 2.75) is 47.6 Å². The summed E-state index contributed by atoms with van der Waals surface area (Å²) in [6.07, 6.45) is 0. The second-order valence-electron chi connectivity index (χ2n) is 6.10. The molecule has 0 N–H and O–H groups in total. The number of hydrogen-bond donors (Lipinski definition) is 0. The Balaban J connectivity index is 2.91. The van der Waals surface area contributed by atoms with Gasteiger partial charge in [0.25, 0.3) is 0 Å². The Morgan fingerprint density at radius 3 is 2.00 bits per heavy atom. The van der Waals surface area contributed by atoms with E-state index in [-0.39, 0.29) is 5.78 Å². The maximum Gasteiger partial charge on any atom is 0.177 e. The van der Waals surface area contributed by atoms with Gasteiger partial charge >= 0.3 is 0 Å². The molecule has 0 aliphatic rings. The summed E-state index contributed by atoms with van der Waals surface area (Å²) in [5, 5.41) is 0. The number of Topliss-reactive ketones (excluding diaryl/α,β-unsaturated/α-hetero) is 1. The van der Waals surface area contributed by atoms with E-state index in [1.807, 2.05) is 20.9 Å². The number of nitrogens with zero attached hydrogens (tertiary/aromatic N) is 1. The van der Waals surface area contributed by atoms with Gasteiger partial charge in [0.2, 0.25) is 0 Å². The lowest BCUT2D eigenvalue weighted by molar-refractivity contribution is 0.0905. The molecular weight excluding hydrogens is 234 g/mol. The van der Waals surface area contributed by atoms with Gasteiger partial charge in [0.1, 0.15) is 0 Å². The molecule has 0 radical (unpaired) electrons. The van der Waals surface area contributed by atoms with Gasteiger partial charge < -0.3 is 0 Å². The number of hydrogen-bond acceptors (Lipinski definition) is 2. The van der Waals surface area contributed by atoms with Gasteiger partial charge in [0, 0.05) is 11.6 Å². The lowest BCUT2D eigenvalue weighted by Gasteiger charge is -2.27. The van der Waals surface area contributed by atoms with Crippen LogP contribution in [0.2, 0.25) is 0 Å². The lowest BCUT2D eigenvalue weighted by atomic mass is 9.96. The molecule has 19 heavy (non-hydrogen) atoms. The highest BCUT2D eigenvalue weighted by Gasteiger charge is 2.19. The number of carbonyl (C=O) groups is 1. The predicted octanol–water partition coefficient (Wildman–Crippen LogP) is 3.77. The number of likely N-dealkylation sites (N-methyl/N-ethyl adjacent to an activating group) is 1. The third kappa shape index (κ3) is 3.90. The van der Waals surface area contributed by atoms with Crippen molar-refractivity contribution in [1.29, 1.82) is 0 Å². The molecule has 0 aliphatic carbocycles. The monoisotopic (exact) mass is 261 g/mol.